The molecule has 1 rings (SSSR count). The van der Waals surface area contributed by atoms with Crippen molar-refractivity contribution in [3.63, 3.8) is 0 Å². The van der Waals surface area contributed by atoms with Gasteiger partial charge in [0.1, 0.15) is 6.33 Å². The first-order valence-corrected chi connectivity index (χ1v) is 3.02. The Bertz CT molecular complexity index is 231. The first-order valence-electron chi connectivity index (χ1n) is 3.02. The summed E-state index contributed by atoms with van der Waals surface area (Å²) in [6, 6.07) is 0. The lowest BCUT2D eigenvalue weighted by atomic mass is 10.7. The molecule has 0 spiro atoms. The van der Waals surface area contributed by atoms with Crippen LogP contribution in [0.1, 0.15) is 0 Å². The van der Waals surface area contributed by atoms with E-state index in [1.54, 1.807) is 0 Å². The molecule has 0 saturated heterocycles. The second-order valence-electron chi connectivity index (χ2n) is 1.73. The van der Waals surface area contributed by atoms with E-state index in [0.29, 0.717) is 6.54 Å². The molecule has 0 aromatic carbocycles. The summed E-state index contributed by atoms with van der Waals surface area (Å²) in [5, 5.41) is 11.0. The van der Waals surface area contributed by atoms with Crippen LogP contribution in [-0.4, -0.2) is 33.2 Å². The fourth-order valence-corrected chi connectivity index (χ4v) is 0.529. The van der Waals surface area contributed by atoms with Crippen LogP contribution in [0.15, 0.2) is 6.33 Å². The van der Waals surface area contributed by atoms with Crippen LogP contribution in [0.2, 0.25) is 0 Å². The van der Waals surface area contributed by atoms with Crippen molar-refractivity contribution in [2.24, 2.45) is 0 Å². The lowest BCUT2D eigenvalue weighted by Crippen LogP contribution is -2.09. The molecule has 0 unspecified atom stereocenters. The Kier molecular flexibility index (Phi) is 2.67. The van der Waals surface area contributed by atoms with Crippen LogP contribution in [0.5, 0.6) is 0 Å². The number of hydrogen-bond donors (Lipinski definition) is 2. The molecule has 0 aliphatic rings. The molecule has 0 atom stereocenters. The maximum atomic E-state index is 12.2. The highest BCUT2D eigenvalue weighted by molar-refractivity contribution is 5.20. The highest BCUT2D eigenvalue weighted by Crippen LogP contribution is 1.93. The van der Waals surface area contributed by atoms with E-state index >= 15 is 0 Å². The third kappa shape index (κ3) is 2.42. The van der Waals surface area contributed by atoms with Crippen molar-refractivity contribution in [3.05, 3.63) is 12.4 Å². The van der Waals surface area contributed by atoms with E-state index < -0.39 is 6.08 Å². The number of aliphatic hydroxyl groups is 1. The highest BCUT2D eigenvalue weighted by Gasteiger charge is 1.96. The van der Waals surface area contributed by atoms with Crippen LogP contribution in [0.4, 0.5) is 10.3 Å². The molecule has 1 aromatic rings. The van der Waals surface area contributed by atoms with Crippen molar-refractivity contribution < 1.29 is 9.50 Å². The largest absolute Gasteiger partial charge is 0.395 e. The SMILES string of the molecule is OCCNc1ncnc(F)n1. The van der Waals surface area contributed by atoms with Gasteiger partial charge in [-0.2, -0.15) is 14.4 Å². The molecule has 0 fully saturated rings. The minimum atomic E-state index is -0.833. The van der Waals surface area contributed by atoms with Gasteiger partial charge in [-0.15, -0.1) is 0 Å². The normalized spacial score (nSPS) is 9.64. The molecular formula is C5H7FN4O. The zero-order valence-electron chi connectivity index (χ0n) is 5.66. The molecular weight excluding hydrogens is 151 g/mol. The van der Waals surface area contributed by atoms with Crippen LogP contribution < -0.4 is 5.32 Å². The number of halogens is 1. The summed E-state index contributed by atoms with van der Waals surface area (Å²) in [5.41, 5.74) is 0. The van der Waals surface area contributed by atoms with E-state index in [1.165, 1.54) is 0 Å². The van der Waals surface area contributed by atoms with Crippen molar-refractivity contribution in [3.8, 4) is 0 Å². The second kappa shape index (κ2) is 3.77. The van der Waals surface area contributed by atoms with Crippen LogP contribution in [0.3, 0.4) is 0 Å². The van der Waals surface area contributed by atoms with Gasteiger partial charge in [-0.25, -0.2) is 4.98 Å². The molecule has 2 N–H and O–H groups in total. The zero-order chi connectivity index (χ0) is 8.10. The predicted octanol–water partition coefficient (Wildman–Crippen LogP) is -0.585. The minimum Gasteiger partial charge on any atom is -0.395 e. The first-order chi connectivity index (χ1) is 5.33. The van der Waals surface area contributed by atoms with Crippen molar-refractivity contribution in [1.82, 2.24) is 15.0 Å². The monoisotopic (exact) mass is 158 g/mol. The van der Waals surface area contributed by atoms with E-state index in [4.69, 9.17) is 5.11 Å². The molecule has 6 heteroatoms. The van der Waals surface area contributed by atoms with Gasteiger partial charge in [0.15, 0.2) is 0 Å². The lowest BCUT2D eigenvalue weighted by molar-refractivity contribution is 0.310. The first kappa shape index (κ1) is 7.80. The number of aliphatic hydroxyl groups excluding tert-OH is 1. The fourth-order valence-electron chi connectivity index (χ4n) is 0.529. The molecule has 0 amide bonds. The zero-order valence-corrected chi connectivity index (χ0v) is 5.66. The minimum absolute atomic E-state index is 0.0483. The molecule has 0 aliphatic heterocycles. The molecule has 60 valence electrons. The number of aromatic nitrogens is 3. The topological polar surface area (TPSA) is 70.9 Å². The Morgan fingerprint density at radius 3 is 3.00 bits per heavy atom. The quantitative estimate of drug-likeness (QED) is 0.615. The van der Waals surface area contributed by atoms with Crippen LogP contribution in [0, 0.1) is 6.08 Å². The Morgan fingerprint density at radius 1 is 1.55 bits per heavy atom. The van der Waals surface area contributed by atoms with Crippen LogP contribution in [0.25, 0.3) is 0 Å². The van der Waals surface area contributed by atoms with Crippen LogP contribution >= 0.6 is 0 Å². The summed E-state index contributed by atoms with van der Waals surface area (Å²) in [6.07, 6.45) is 0.225. The van der Waals surface area contributed by atoms with Gasteiger partial charge in [0.2, 0.25) is 5.95 Å². The van der Waals surface area contributed by atoms with E-state index in [1.807, 2.05) is 0 Å². The number of nitrogens with zero attached hydrogens (tertiary/aromatic N) is 3. The summed E-state index contributed by atoms with van der Waals surface area (Å²) in [5.74, 6) is 0.131. The highest BCUT2D eigenvalue weighted by atomic mass is 19.1. The Morgan fingerprint density at radius 2 is 2.36 bits per heavy atom. The summed E-state index contributed by atoms with van der Waals surface area (Å²) in [4.78, 5) is 10.0. The third-order valence-electron chi connectivity index (χ3n) is 0.937. The third-order valence-corrected chi connectivity index (χ3v) is 0.937. The number of nitrogens with one attached hydrogen (secondary N) is 1. The summed E-state index contributed by atoms with van der Waals surface area (Å²) in [7, 11) is 0. The van der Waals surface area contributed by atoms with Gasteiger partial charge >= 0.3 is 6.08 Å². The van der Waals surface area contributed by atoms with Gasteiger partial charge in [-0.1, -0.05) is 0 Å². The van der Waals surface area contributed by atoms with E-state index in [9.17, 15) is 4.39 Å². The van der Waals surface area contributed by atoms with E-state index in [2.05, 4.69) is 20.3 Å². The fraction of sp³-hybridized carbons (Fsp3) is 0.400. The second-order valence-corrected chi connectivity index (χ2v) is 1.73. The van der Waals surface area contributed by atoms with Gasteiger partial charge in [-0.05, 0) is 0 Å². The smallest absolute Gasteiger partial charge is 0.313 e. The molecule has 0 bridgehead atoms. The number of rotatable bonds is 3. The molecule has 1 heterocycles. The van der Waals surface area contributed by atoms with Gasteiger partial charge in [-0.3, -0.25) is 0 Å². The number of anilines is 1. The van der Waals surface area contributed by atoms with Crippen molar-refractivity contribution >= 4 is 5.95 Å². The maximum Gasteiger partial charge on any atom is 0.313 e. The maximum absolute atomic E-state index is 12.2. The molecule has 0 aliphatic carbocycles. The van der Waals surface area contributed by atoms with Crippen molar-refractivity contribution in [2.75, 3.05) is 18.5 Å². The van der Waals surface area contributed by atoms with Crippen molar-refractivity contribution in [2.45, 2.75) is 0 Å². The Balaban J connectivity index is 2.56. The van der Waals surface area contributed by atoms with Gasteiger partial charge < -0.3 is 10.4 Å². The predicted molar refractivity (Wildman–Crippen MR) is 35.4 cm³/mol. The average Bonchev–Trinajstić information content (AvgIpc) is 2.01. The molecule has 11 heavy (non-hydrogen) atoms. The van der Waals surface area contributed by atoms with Crippen LogP contribution in [-0.2, 0) is 0 Å². The Hall–Kier alpha value is -1.30. The molecule has 0 radical (unpaired) electrons. The van der Waals surface area contributed by atoms with Gasteiger partial charge in [0.25, 0.3) is 0 Å². The standard InChI is InChI=1S/C5H7FN4O/c6-4-8-3-9-5(10-4)7-1-2-11/h3,11H,1-2H2,(H,7,8,9,10). The molecule has 0 saturated carbocycles. The summed E-state index contributed by atoms with van der Waals surface area (Å²) in [6.45, 7) is 0.247. The van der Waals surface area contributed by atoms with E-state index in [-0.39, 0.29) is 12.6 Å². The summed E-state index contributed by atoms with van der Waals surface area (Å²) < 4.78 is 12.2. The lowest BCUT2D eigenvalue weighted by Gasteiger charge is -1.99. The molecule has 1 aromatic heterocycles. The average molecular weight is 158 g/mol. The summed E-state index contributed by atoms with van der Waals surface area (Å²) >= 11 is 0. The van der Waals surface area contributed by atoms with E-state index in [0.717, 1.165) is 6.33 Å². The van der Waals surface area contributed by atoms with Crippen molar-refractivity contribution in [1.29, 1.82) is 0 Å². The Labute approximate surface area is 62.3 Å². The van der Waals surface area contributed by atoms with Gasteiger partial charge in [0.05, 0.1) is 6.61 Å². The van der Waals surface area contributed by atoms with Gasteiger partial charge in [0, 0.05) is 6.54 Å². The molecule has 5 nitrogen and oxygen atoms in total. The number of hydrogen-bond acceptors (Lipinski definition) is 5.